The summed E-state index contributed by atoms with van der Waals surface area (Å²) in [5, 5.41) is 0. The summed E-state index contributed by atoms with van der Waals surface area (Å²) in [4.78, 5) is 56.1. The molecule has 78 heavy (non-hydrogen) atoms. The number of quaternary nitrogens is 2. The third kappa shape index (κ3) is 14.1. The highest BCUT2D eigenvalue weighted by Crippen LogP contribution is 2.45. The van der Waals surface area contributed by atoms with Gasteiger partial charge in [0.25, 0.3) is 0 Å². The molecule has 4 aliphatic rings. The molecule has 12 heteroatoms. The molecule has 10 rings (SSSR count). The van der Waals surface area contributed by atoms with Crippen molar-refractivity contribution in [2.24, 2.45) is 0 Å². The Labute approximate surface area is 460 Å². The molecule has 0 radical (unpaired) electrons. The summed E-state index contributed by atoms with van der Waals surface area (Å²) in [6.45, 7) is 3.68. The van der Waals surface area contributed by atoms with Crippen molar-refractivity contribution in [1.29, 1.82) is 0 Å². The molecule has 4 fully saturated rings. The third-order valence-corrected chi connectivity index (χ3v) is 15.7. The molecule has 0 bridgehead atoms. The third-order valence-electron chi connectivity index (χ3n) is 15.7. The van der Waals surface area contributed by atoms with E-state index in [1.807, 2.05) is 109 Å². The van der Waals surface area contributed by atoms with Crippen LogP contribution >= 0.6 is 0 Å². The van der Waals surface area contributed by atoms with Gasteiger partial charge in [0.2, 0.25) is 0 Å². The van der Waals surface area contributed by atoms with E-state index < -0.39 is 23.1 Å². The van der Waals surface area contributed by atoms with Crippen LogP contribution in [0, 0.1) is 0 Å². The Morgan fingerprint density at radius 1 is 0.410 bits per heavy atom. The number of ether oxygens (including phenoxy) is 4. The number of nitrogens with zero attached hydrogens (tertiary/aromatic N) is 2. The Bertz CT molecular complexity index is 2520. The van der Waals surface area contributed by atoms with Gasteiger partial charge in [0, 0.05) is 60.3 Å². The minimum Gasteiger partial charge on any atom is -0.376 e. The van der Waals surface area contributed by atoms with Gasteiger partial charge >= 0.3 is 11.9 Å². The summed E-state index contributed by atoms with van der Waals surface area (Å²) in [6, 6.07) is 61.4. The second kappa shape index (κ2) is 26.6. The van der Waals surface area contributed by atoms with E-state index in [4.69, 9.17) is 38.3 Å². The zero-order valence-corrected chi connectivity index (χ0v) is 44.9. The van der Waals surface area contributed by atoms with Crippen LogP contribution in [-0.2, 0) is 71.9 Å². The van der Waals surface area contributed by atoms with Gasteiger partial charge in [0.05, 0.1) is 50.8 Å². The Hall–Kier alpha value is -6.32. The molecule has 0 aromatic heterocycles. The summed E-state index contributed by atoms with van der Waals surface area (Å²) < 4.78 is 25.8. The maximum Gasteiger partial charge on any atom is 0.395 e. The summed E-state index contributed by atoms with van der Waals surface area (Å²) >= 11 is 0. The van der Waals surface area contributed by atoms with Crippen LogP contribution in [0.25, 0.3) is 0 Å². The van der Waals surface area contributed by atoms with E-state index in [9.17, 15) is 9.59 Å². The first kappa shape index (κ1) is 55.0. The molecule has 4 heterocycles. The molecular formula is C66H76N2O10+2. The molecule has 4 saturated heterocycles. The van der Waals surface area contributed by atoms with Gasteiger partial charge in [-0.25, -0.2) is 19.3 Å². The Balaban J connectivity index is 0.887. The van der Waals surface area contributed by atoms with Crippen molar-refractivity contribution >= 4 is 11.9 Å². The van der Waals surface area contributed by atoms with Crippen molar-refractivity contribution < 1.29 is 57.5 Å². The van der Waals surface area contributed by atoms with Crippen LogP contribution in [0.1, 0.15) is 97.6 Å². The lowest BCUT2D eigenvalue weighted by Gasteiger charge is -2.43. The topological polar surface area (TPSA) is 108 Å². The average Bonchev–Trinajstić information content (AvgIpc) is 3.62. The lowest BCUT2D eigenvalue weighted by molar-refractivity contribution is -1.24. The SMILES string of the molecule is O=C(/C=C/C(=O)O[N+]1(OC(CCC2COCC(Cc3ccccc3)O2)(c2ccccc2)c2ccccc2)CCCCC1)O[N+]1(OC(CCC2COCC(Cc3ccccc3)O2)(c2ccccc2)c2ccccc2)CCCCC1. The second-order valence-electron chi connectivity index (χ2n) is 21.4. The van der Waals surface area contributed by atoms with Gasteiger partial charge in [-0.05, 0) is 71.9 Å². The normalized spacial score (nSPS) is 21.6. The molecule has 0 spiro atoms. The number of rotatable bonds is 22. The monoisotopic (exact) mass is 1060 g/mol. The minimum absolute atomic E-state index is 0.0840. The van der Waals surface area contributed by atoms with Crippen LogP contribution in [-0.4, -0.2) is 98.6 Å². The molecule has 4 atom stereocenters. The molecule has 0 aliphatic carbocycles. The lowest BCUT2D eigenvalue weighted by atomic mass is 9.81. The van der Waals surface area contributed by atoms with Crippen LogP contribution in [0.15, 0.2) is 194 Å². The van der Waals surface area contributed by atoms with Crippen molar-refractivity contribution in [1.82, 2.24) is 0 Å². The van der Waals surface area contributed by atoms with Crippen molar-refractivity contribution in [3.63, 3.8) is 0 Å². The van der Waals surface area contributed by atoms with E-state index >= 15 is 0 Å². The fraction of sp³-hybridized carbons (Fsp3) is 0.394. The maximum atomic E-state index is 14.4. The van der Waals surface area contributed by atoms with Crippen LogP contribution in [0.3, 0.4) is 0 Å². The number of benzene rings is 6. The van der Waals surface area contributed by atoms with E-state index in [0.717, 1.165) is 73.6 Å². The Kier molecular flexibility index (Phi) is 18.7. The molecule has 6 aromatic rings. The van der Waals surface area contributed by atoms with Gasteiger partial charge in [0.1, 0.15) is 0 Å². The minimum atomic E-state index is -1.06. The van der Waals surface area contributed by atoms with Crippen molar-refractivity contribution in [3.8, 4) is 0 Å². The Morgan fingerprint density at radius 2 is 0.705 bits per heavy atom. The zero-order chi connectivity index (χ0) is 53.4. The highest BCUT2D eigenvalue weighted by Gasteiger charge is 2.52. The summed E-state index contributed by atoms with van der Waals surface area (Å²) in [7, 11) is 0. The maximum absolute atomic E-state index is 14.4. The molecule has 12 nitrogen and oxygen atoms in total. The van der Waals surface area contributed by atoms with Gasteiger partial charge in [-0.3, -0.25) is 0 Å². The largest absolute Gasteiger partial charge is 0.395 e. The first-order chi connectivity index (χ1) is 38.3. The smallest absolute Gasteiger partial charge is 0.376 e. The number of hydrogen-bond acceptors (Lipinski definition) is 10. The highest BCUT2D eigenvalue weighted by atomic mass is 17.0. The van der Waals surface area contributed by atoms with Crippen LogP contribution in [0.5, 0.6) is 0 Å². The van der Waals surface area contributed by atoms with Gasteiger partial charge in [0.15, 0.2) is 37.4 Å². The fourth-order valence-corrected chi connectivity index (χ4v) is 11.9. The number of hydroxylamine groups is 8. The summed E-state index contributed by atoms with van der Waals surface area (Å²) in [5.74, 6) is -1.43. The fourth-order valence-electron chi connectivity index (χ4n) is 11.9. The van der Waals surface area contributed by atoms with Crippen molar-refractivity contribution in [3.05, 3.63) is 228 Å². The van der Waals surface area contributed by atoms with Gasteiger partial charge in [-0.2, -0.15) is 0 Å². The van der Waals surface area contributed by atoms with Crippen molar-refractivity contribution in [2.75, 3.05) is 52.6 Å². The second-order valence-corrected chi connectivity index (χ2v) is 21.4. The zero-order valence-electron chi connectivity index (χ0n) is 44.9. The van der Waals surface area contributed by atoms with Crippen LogP contribution < -0.4 is 0 Å². The number of carbonyl (C=O) groups excluding carboxylic acids is 2. The van der Waals surface area contributed by atoms with Gasteiger partial charge < -0.3 is 18.9 Å². The van der Waals surface area contributed by atoms with E-state index in [1.54, 1.807) is 0 Å². The standard InChI is InChI=1S/C66H76N2O10/c69-63(75-67(43-21-7-22-44-67)77-65(55-29-13-3-14-30-55,56-31-15-4-16-32-56)41-39-59-49-71-51-61(73-59)47-53-25-9-1-10-26-53)37-38-64(70)76-68(45-23-8-24-46-68)78-66(57-33-17-5-18-34-57,58-35-19-6-20-36-58)42-40-60-50-72-52-62(74-60)48-54-27-11-2-12-28-54/h1-6,9-20,25-38,59-62H,7-8,21-24,39-52H2/q+2/b38-37+. The number of piperidine rings is 2. The van der Waals surface area contributed by atoms with Crippen molar-refractivity contribution in [2.45, 2.75) is 113 Å². The van der Waals surface area contributed by atoms with Crippen LogP contribution in [0.2, 0.25) is 0 Å². The molecule has 0 N–H and O–H groups in total. The van der Waals surface area contributed by atoms with Crippen LogP contribution in [0.4, 0.5) is 0 Å². The molecule has 6 aromatic carbocycles. The molecule has 0 saturated carbocycles. The molecule has 0 amide bonds. The highest BCUT2D eigenvalue weighted by molar-refractivity contribution is 5.91. The Morgan fingerprint density at radius 3 is 1.03 bits per heavy atom. The number of carbonyl (C=O) groups is 2. The average molecular weight is 1060 g/mol. The molecule has 4 unspecified atom stereocenters. The first-order valence-corrected chi connectivity index (χ1v) is 28.4. The summed E-state index contributed by atoms with van der Waals surface area (Å²) in [5.41, 5.74) is 3.98. The molecule has 4 aliphatic heterocycles. The quantitative estimate of drug-likeness (QED) is 0.0482. The van der Waals surface area contributed by atoms with Gasteiger partial charge in [-0.15, -0.1) is 9.68 Å². The predicted octanol–water partition coefficient (Wildman–Crippen LogP) is 11.8. The first-order valence-electron chi connectivity index (χ1n) is 28.4. The van der Waals surface area contributed by atoms with E-state index in [1.165, 1.54) is 23.3 Å². The number of hydrogen-bond donors (Lipinski definition) is 0. The molecule has 408 valence electrons. The van der Waals surface area contributed by atoms with E-state index in [2.05, 4.69) is 72.8 Å². The van der Waals surface area contributed by atoms with E-state index in [0.29, 0.717) is 78.3 Å². The molecular weight excluding hydrogens is 981 g/mol. The lowest BCUT2D eigenvalue weighted by Crippen LogP contribution is -2.57. The van der Waals surface area contributed by atoms with E-state index in [-0.39, 0.29) is 34.0 Å². The predicted molar refractivity (Wildman–Crippen MR) is 296 cm³/mol. The summed E-state index contributed by atoms with van der Waals surface area (Å²) in [6.07, 6.45) is 10.6. The van der Waals surface area contributed by atoms with Gasteiger partial charge in [-0.1, -0.05) is 182 Å².